The fourth-order valence-electron chi connectivity index (χ4n) is 2.85. The molecule has 1 aromatic carbocycles. The van der Waals surface area contributed by atoms with Crippen LogP contribution in [0.25, 0.3) is 0 Å². The molecule has 0 bridgehead atoms. The Kier molecular flexibility index (Phi) is 5.97. The second kappa shape index (κ2) is 7.52. The number of carbonyl (C=O) groups is 1. The SMILES string of the molecule is CC(C)C(SN)C(=O)N1CCC(c2ccc(Cl)cc2)CC1. The summed E-state index contributed by atoms with van der Waals surface area (Å²) >= 11 is 7.10. The number of hydrogen-bond donors (Lipinski definition) is 1. The van der Waals surface area contributed by atoms with E-state index in [2.05, 4.69) is 12.1 Å². The zero-order valence-corrected chi connectivity index (χ0v) is 14.2. The molecule has 1 heterocycles. The molecule has 5 heteroatoms. The summed E-state index contributed by atoms with van der Waals surface area (Å²) in [6.45, 7) is 5.72. The number of benzene rings is 1. The monoisotopic (exact) mass is 326 g/mol. The molecule has 1 aliphatic heterocycles. The van der Waals surface area contributed by atoms with Crippen LogP contribution in [0.4, 0.5) is 0 Å². The first-order chi connectivity index (χ1) is 10.0. The minimum absolute atomic E-state index is 0.128. The Morgan fingerprint density at radius 2 is 1.86 bits per heavy atom. The standard InChI is InChI=1S/C16H23ClN2OS/c1-11(2)15(21-18)16(20)19-9-7-13(8-10-19)12-3-5-14(17)6-4-12/h3-6,11,13,15H,7-10,18H2,1-2H3. The van der Waals surface area contributed by atoms with Crippen LogP contribution >= 0.6 is 23.5 Å². The van der Waals surface area contributed by atoms with E-state index in [1.54, 1.807) is 0 Å². The van der Waals surface area contributed by atoms with Gasteiger partial charge in [0.25, 0.3) is 0 Å². The molecule has 3 nitrogen and oxygen atoms in total. The summed E-state index contributed by atoms with van der Waals surface area (Å²) in [6, 6.07) is 8.07. The molecular formula is C16H23ClN2OS. The third-order valence-electron chi connectivity index (χ3n) is 4.14. The van der Waals surface area contributed by atoms with Gasteiger partial charge in [0.1, 0.15) is 5.25 Å². The lowest BCUT2D eigenvalue weighted by Crippen LogP contribution is -2.44. The largest absolute Gasteiger partial charge is 0.342 e. The first-order valence-corrected chi connectivity index (χ1v) is 8.74. The maximum absolute atomic E-state index is 12.5. The van der Waals surface area contributed by atoms with Crippen molar-refractivity contribution >= 4 is 29.5 Å². The molecule has 0 aromatic heterocycles. The van der Waals surface area contributed by atoms with Crippen LogP contribution in [0.15, 0.2) is 24.3 Å². The van der Waals surface area contributed by atoms with E-state index in [-0.39, 0.29) is 17.1 Å². The fraction of sp³-hybridized carbons (Fsp3) is 0.562. The maximum atomic E-state index is 12.5. The lowest BCUT2D eigenvalue weighted by Gasteiger charge is -2.34. The predicted molar refractivity (Wildman–Crippen MR) is 90.4 cm³/mol. The maximum Gasteiger partial charge on any atom is 0.237 e. The molecule has 2 N–H and O–H groups in total. The van der Waals surface area contributed by atoms with Crippen LogP contribution in [0.1, 0.15) is 38.2 Å². The summed E-state index contributed by atoms with van der Waals surface area (Å²) < 4.78 is 0. The Hall–Kier alpha value is -0.710. The van der Waals surface area contributed by atoms with Crippen LogP contribution in [-0.4, -0.2) is 29.1 Å². The molecule has 0 radical (unpaired) electrons. The van der Waals surface area contributed by atoms with Gasteiger partial charge >= 0.3 is 0 Å². The highest BCUT2D eigenvalue weighted by Crippen LogP contribution is 2.30. The molecule has 1 unspecified atom stereocenters. The van der Waals surface area contributed by atoms with Crippen LogP contribution in [0, 0.1) is 5.92 Å². The Bertz CT molecular complexity index is 470. The van der Waals surface area contributed by atoms with Crippen molar-refractivity contribution in [3.8, 4) is 0 Å². The van der Waals surface area contributed by atoms with E-state index in [9.17, 15) is 4.79 Å². The zero-order valence-electron chi connectivity index (χ0n) is 12.6. The van der Waals surface area contributed by atoms with Crippen molar-refractivity contribution in [3.63, 3.8) is 0 Å². The topological polar surface area (TPSA) is 46.3 Å². The van der Waals surface area contributed by atoms with E-state index in [0.29, 0.717) is 5.92 Å². The number of carbonyl (C=O) groups excluding carboxylic acids is 1. The molecule has 1 saturated heterocycles. The van der Waals surface area contributed by atoms with Crippen molar-refractivity contribution in [1.82, 2.24) is 4.90 Å². The van der Waals surface area contributed by atoms with E-state index in [0.717, 1.165) is 31.0 Å². The van der Waals surface area contributed by atoms with E-state index in [4.69, 9.17) is 16.7 Å². The molecule has 1 atom stereocenters. The average molecular weight is 327 g/mol. The summed E-state index contributed by atoms with van der Waals surface area (Å²) in [5, 5.41) is 6.31. The third-order valence-corrected chi connectivity index (χ3v) is 5.43. The predicted octanol–water partition coefficient (Wildman–Crippen LogP) is 3.68. The van der Waals surface area contributed by atoms with Gasteiger partial charge in [-0.05, 0) is 42.4 Å². The van der Waals surface area contributed by atoms with Crippen molar-refractivity contribution < 1.29 is 4.79 Å². The summed E-state index contributed by atoms with van der Waals surface area (Å²) in [5.41, 5.74) is 1.32. The van der Waals surface area contributed by atoms with Gasteiger partial charge in [-0.3, -0.25) is 9.93 Å². The number of rotatable bonds is 4. The first-order valence-electron chi connectivity index (χ1n) is 7.42. The van der Waals surface area contributed by atoms with Crippen LogP contribution in [0.2, 0.25) is 5.02 Å². The molecule has 0 saturated carbocycles. The van der Waals surface area contributed by atoms with Gasteiger partial charge in [-0.2, -0.15) is 0 Å². The number of piperidine rings is 1. The van der Waals surface area contributed by atoms with Crippen molar-refractivity contribution in [1.29, 1.82) is 0 Å². The van der Waals surface area contributed by atoms with E-state index in [1.807, 2.05) is 30.9 Å². The average Bonchev–Trinajstić information content (AvgIpc) is 2.48. The van der Waals surface area contributed by atoms with E-state index < -0.39 is 0 Å². The van der Waals surface area contributed by atoms with Gasteiger partial charge < -0.3 is 4.90 Å². The van der Waals surface area contributed by atoms with Crippen molar-refractivity contribution in [3.05, 3.63) is 34.9 Å². The lowest BCUT2D eigenvalue weighted by molar-refractivity contribution is -0.132. The van der Waals surface area contributed by atoms with Crippen molar-refractivity contribution in [2.24, 2.45) is 11.1 Å². The van der Waals surface area contributed by atoms with Gasteiger partial charge in [0, 0.05) is 18.1 Å². The Morgan fingerprint density at radius 1 is 1.29 bits per heavy atom. The van der Waals surface area contributed by atoms with Gasteiger partial charge in [0.05, 0.1) is 0 Å². The molecule has 1 amide bonds. The highest BCUT2D eigenvalue weighted by Gasteiger charge is 2.30. The minimum atomic E-state index is -0.128. The molecule has 116 valence electrons. The number of hydrogen-bond acceptors (Lipinski definition) is 3. The number of nitrogens with two attached hydrogens (primary N) is 1. The van der Waals surface area contributed by atoms with Crippen molar-refractivity contribution in [2.45, 2.75) is 37.9 Å². The van der Waals surface area contributed by atoms with E-state index in [1.165, 1.54) is 17.5 Å². The van der Waals surface area contributed by atoms with Gasteiger partial charge in [-0.15, -0.1) is 0 Å². The molecule has 0 spiro atoms. The molecule has 1 aliphatic rings. The number of likely N-dealkylation sites (tertiary alicyclic amines) is 1. The smallest absolute Gasteiger partial charge is 0.237 e. The molecule has 2 rings (SSSR count). The van der Waals surface area contributed by atoms with E-state index >= 15 is 0 Å². The molecule has 1 aromatic rings. The van der Waals surface area contributed by atoms with Crippen LogP contribution in [0.5, 0.6) is 0 Å². The molecule has 0 aliphatic carbocycles. The molecule has 1 fully saturated rings. The minimum Gasteiger partial charge on any atom is -0.342 e. The van der Waals surface area contributed by atoms with Gasteiger partial charge in [-0.1, -0.05) is 49.5 Å². The Morgan fingerprint density at radius 3 is 2.33 bits per heavy atom. The summed E-state index contributed by atoms with van der Waals surface area (Å²) in [7, 11) is 0. The zero-order chi connectivity index (χ0) is 15.4. The third kappa shape index (κ3) is 4.15. The second-order valence-corrected chi connectivity index (χ2v) is 7.17. The Balaban J connectivity index is 1.93. The highest BCUT2D eigenvalue weighted by atomic mass is 35.5. The van der Waals surface area contributed by atoms with Gasteiger partial charge in [0.15, 0.2) is 0 Å². The molecular weight excluding hydrogens is 304 g/mol. The quantitative estimate of drug-likeness (QED) is 0.859. The summed E-state index contributed by atoms with van der Waals surface area (Å²) in [5.74, 6) is 0.975. The number of halogens is 1. The number of amides is 1. The fourth-order valence-corrected chi connectivity index (χ4v) is 3.55. The van der Waals surface area contributed by atoms with Gasteiger partial charge in [-0.25, -0.2) is 0 Å². The Labute approximate surface area is 136 Å². The molecule has 21 heavy (non-hydrogen) atoms. The lowest BCUT2D eigenvalue weighted by atomic mass is 9.89. The van der Waals surface area contributed by atoms with Crippen LogP contribution < -0.4 is 5.14 Å². The van der Waals surface area contributed by atoms with Crippen molar-refractivity contribution in [2.75, 3.05) is 13.1 Å². The van der Waals surface area contributed by atoms with Crippen LogP contribution in [0.3, 0.4) is 0 Å². The number of nitrogens with zero attached hydrogens (tertiary/aromatic N) is 1. The van der Waals surface area contributed by atoms with Gasteiger partial charge in [0.2, 0.25) is 5.91 Å². The highest BCUT2D eigenvalue weighted by molar-refractivity contribution is 7.98. The summed E-state index contributed by atoms with van der Waals surface area (Å²) in [4.78, 5) is 14.4. The second-order valence-electron chi connectivity index (χ2n) is 5.95. The normalized spacial score (nSPS) is 18.0. The summed E-state index contributed by atoms with van der Waals surface area (Å²) in [6.07, 6.45) is 2.01. The first kappa shape index (κ1) is 16.7. The van der Waals surface area contributed by atoms with Crippen LogP contribution in [-0.2, 0) is 4.79 Å².